The molecule has 2 saturated heterocycles. The standard InChI is InChI=1S/C20H27N5O/c1-22-10-4-6-17(22)18-7-5-11-25(18)16-20(26)24-14-12-23(13-15-24)19-8-2-3-9-21-19/h2-4,6,8-10,18H,5,7,11-16H2,1H3/t18-/m1/s1. The molecule has 0 saturated carbocycles. The van der Waals surface area contributed by atoms with Gasteiger partial charge in [0.15, 0.2) is 0 Å². The highest BCUT2D eigenvalue weighted by molar-refractivity contribution is 5.78. The first-order chi connectivity index (χ1) is 12.7. The van der Waals surface area contributed by atoms with Crippen LogP contribution in [-0.4, -0.2) is 64.5 Å². The number of aryl methyl sites for hydroxylation is 1. The molecule has 0 aromatic carbocycles. The van der Waals surface area contributed by atoms with Gasteiger partial charge in [0.05, 0.1) is 12.6 Å². The number of pyridine rings is 1. The Hall–Kier alpha value is -2.34. The van der Waals surface area contributed by atoms with Gasteiger partial charge in [0.2, 0.25) is 5.91 Å². The number of hydrogen-bond acceptors (Lipinski definition) is 4. The van der Waals surface area contributed by atoms with E-state index in [0.717, 1.165) is 51.4 Å². The van der Waals surface area contributed by atoms with E-state index in [0.29, 0.717) is 12.6 Å². The van der Waals surface area contributed by atoms with Crippen LogP contribution in [0.5, 0.6) is 0 Å². The molecule has 2 fully saturated rings. The van der Waals surface area contributed by atoms with Crippen molar-refractivity contribution in [3.63, 3.8) is 0 Å². The van der Waals surface area contributed by atoms with Gasteiger partial charge >= 0.3 is 0 Å². The zero-order valence-corrected chi connectivity index (χ0v) is 15.4. The smallest absolute Gasteiger partial charge is 0.236 e. The number of amides is 1. The van der Waals surface area contributed by atoms with Gasteiger partial charge in [-0.05, 0) is 43.7 Å². The molecule has 0 N–H and O–H groups in total. The molecule has 1 atom stereocenters. The van der Waals surface area contributed by atoms with E-state index < -0.39 is 0 Å². The van der Waals surface area contributed by atoms with E-state index >= 15 is 0 Å². The van der Waals surface area contributed by atoms with Crippen LogP contribution < -0.4 is 4.90 Å². The Balaban J connectivity index is 1.33. The van der Waals surface area contributed by atoms with Crippen LogP contribution >= 0.6 is 0 Å². The zero-order valence-electron chi connectivity index (χ0n) is 15.4. The van der Waals surface area contributed by atoms with E-state index in [9.17, 15) is 4.79 Å². The molecule has 4 heterocycles. The van der Waals surface area contributed by atoms with Crippen molar-refractivity contribution in [3.05, 3.63) is 48.4 Å². The van der Waals surface area contributed by atoms with Crippen molar-refractivity contribution in [1.29, 1.82) is 0 Å². The van der Waals surface area contributed by atoms with Crippen molar-refractivity contribution in [3.8, 4) is 0 Å². The van der Waals surface area contributed by atoms with E-state index in [1.54, 1.807) is 0 Å². The number of nitrogens with zero attached hydrogens (tertiary/aromatic N) is 5. The molecule has 2 aliphatic heterocycles. The average Bonchev–Trinajstić information content (AvgIpc) is 3.31. The fourth-order valence-corrected chi connectivity index (χ4v) is 4.17. The summed E-state index contributed by atoms with van der Waals surface area (Å²) < 4.78 is 2.18. The Labute approximate surface area is 155 Å². The van der Waals surface area contributed by atoms with Crippen molar-refractivity contribution >= 4 is 11.7 Å². The van der Waals surface area contributed by atoms with Crippen LogP contribution in [-0.2, 0) is 11.8 Å². The van der Waals surface area contributed by atoms with Crippen LogP contribution in [0.1, 0.15) is 24.6 Å². The molecule has 4 rings (SSSR count). The van der Waals surface area contributed by atoms with Crippen LogP contribution in [0.15, 0.2) is 42.7 Å². The summed E-state index contributed by atoms with van der Waals surface area (Å²) >= 11 is 0. The molecule has 0 spiro atoms. The Morgan fingerprint density at radius 2 is 1.96 bits per heavy atom. The number of carbonyl (C=O) groups excluding carboxylic acids is 1. The number of piperazine rings is 1. The predicted octanol–water partition coefficient (Wildman–Crippen LogP) is 1.91. The SMILES string of the molecule is Cn1cccc1[C@H]1CCCN1CC(=O)N1CCN(c2ccccn2)CC1. The van der Waals surface area contributed by atoms with E-state index in [1.165, 1.54) is 5.69 Å². The summed E-state index contributed by atoms with van der Waals surface area (Å²) in [5, 5.41) is 0. The molecule has 1 amide bonds. The number of hydrogen-bond donors (Lipinski definition) is 0. The van der Waals surface area contributed by atoms with Gasteiger partial charge in [0.25, 0.3) is 0 Å². The number of anilines is 1. The first-order valence-corrected chi connectivity index (χ1v) is 9.51. The summed E-state index contributed by atoms with van der Waals surface area (Å²) in [5.74, 6) is 1.26. The summed E-state index contributed by atoms with van der Waals surface area (Å²) in [6.45, 7) is 4.79. The monoisotopic (exact) mass is 353 g/mol. The van der Waals surface area contributed by atoms with Crippen LogP contribution in [0.4, 0.5) is 5.82 Å². The lowest BCUT2D eigenvalue weighted by molar-refractivity contribution is -0.133. The first kappa shape index (κ1) is 17.1. The van der Waals surface area contributed by atoms with Gasteiger partial charge in [0, 0.05) is 51.3 Å². The average molecular weight is 353 g/mol. The van der Waals surface area contributed by atoms with Crippen LogP contribution in [0.25, 0.3) is 0 Å². The lowest BCUT2D eigenvalue weighted by atomic mass is 10.1. The van der Waals surface area contributed by atoms with Gasteiger partial charge in [-0.2, -0.15) is 0 Å². The molecule has 6 nitrogen and oxygen atoms in total. The molecule has 0 aliphatic carbocycles. The second-order valence-electron chi connectivity index (χ2n) is 7.23. The van der Waals surface area contributed by atoms with Gasteiger partial charge in [0.1, 0.15) is 5.82 Å². The Morgan fingerprint density at radius 3 is 2.65 bits per heavy atom. The summed E-state index contributed by atoms with van der Waals surface area (Å²) in [5.41, 5.74) is 1.32. The minimum Gasteiger partial charge on any atom is -0.353 e. The largest absolute Gasteiger partial charge is 0.353 e. The number of aromatic nitrogens is 2. The van der Waals surface area contributed by atoms with Crippen LogP contribution in [0.3, 0.4) is 0 Å². The lowest BCUT2D eigenvalue weighted by Crippen LogP contribution is -2.51. The Bertz CT molecular complexity index is 736. The number of likely N-dealkylation sites (tertiary alicyclic amines) is 1. The van der Waals surface area contributed by atoms with Crippen molar-refractivity contribution < 1.29 is 4.79 Å². The molecule has 2 aliphatic rings. The van der Waals surface area contributed by atoms with Gasteiger partial charge in [-0.3, -0.25) is 9.69 Å². The fourth-order valence-electron chi connectivity index (χ4n) is 4.17. The molecule has 0 radical (unpaired) electrons. The third-order valence-corrected chi connectivity index (χ3v) is 5.63. The highest BCUT2D eigenvalue weighted by Gasteiger charge is 2.31. The maximum absolute atomic E-state index is 12.8. The highest BCUT2D eigenvalue weighted by atomic mass is 16.2. The molecular formula is C20H27N5O. The first-order valence-electron chi connectivity index (χ1n) is 9.51. The van der Waals surface area contributed by atoms with Gasteiger partial charge in [-0.25, -0.2) is 4.98 Å². The minimum atomic E-state index is 0.256. The molecule has 26 heavy (non-hydrogen) atoms. The summed E-state index contributed by atoms with van der Waals surface area (Å²) in [6, 6.07) is 10.6. The molecule has 0 unspecified atom stereocenters. The van der Waals surface area contributed by atoms with E-state index in [2.05, 4.69) is 44.7 Å². The molecule has 2 aromatic rings. The quantitative estimate of drug-likeness (QED) is 0.842. The van der Waals surface area contributed by atoms with Gasteiger partial charge < -0.3 is 14.4 Å². The summed E-state index contributed by atoms with van der Waals surface area (Å²) in [4.78, 5) is 23.9. The predicted molar refractivity (Wildman–Crippen MR) is 102 cm³/mol. The highest BCUT2D eigenvalue weighted by Crippen LogP contribution is 2.31. The molecule has 0 bridgehead atoms. The fraction of sp³-hybridized carbons (Fsp3) is 0.500. The van der Waals surface area contributed by atoms with Crippen molar-refractivity contribution in [2.45, 2.75) is 18.9 Å². The van der Waals surface area contributed by atoms with Crippen LogP contribution in [0.2, 0.25) is 0 Å². The summed E-state index contributed by atoms with van der Waals surface area (Å²) in [7, 11) is 2.09. The maximum Gasteiger partial charge on any atom is 0.236 e. The van der Waals surface area contributed by atoms with Gasteiger partial charge in [-0.1, -0.05) is 6.07 Å². The van der Waals surface area contributed by atoms with E-state index in [4.69, 9.17) is 0 Å². The van der Waals surface area contributed by atoms with Crippen molar-refractivity contribution in [2.75, 3.05) is 44.2 Å². The van der Waals surface area contributed by atoms with Crippen molar-refractivity contribution in [1.82, 2.24) is 19.4 Å². The van der Waals surface area contributed by atoms with E-state index in [-0.39, 0.29) is 5.91 Å². The third kappa shape index (κ3) is 3.46. The minimum absolute atomic E-state index is 0.256. The molecule has 2 aromatic heterocycles. The Kier molecular flexibility index (Phi) is 4.93. The van der Waals surface area contributed by atoms with Crippen molar-refractivity contribution in [2.24, 2.45) is 7.05 Å². The van der Waals surface area contributed by atoms with Crippen LogP contribution in [0, 0.1) is 0 Å². The third-order valence-electron chi connectivity index (χ3n) is 5.63. The number of rotatable bonds is 4. The normalized spacial score (nSPS) is 21.3. The second-order valence-corrected chi connectivity index (χ2v) is 7.23. The molecule has 138 valence electrons. The topological polar surface area (TPSA) is 44.6 Å². The Morgan fingerprint density at radius 1 is 1.12 bits per heavy atom. The lowest BCUT2D eigenvalue weighted by Gasteiger charge is -2.36. The van der Waals surface area contributed by atoms with Gasteiger partial charge in [-0.15, -0.1) is 0 Å². The second kappa shape index (κ2) is 7.50. The molecular weight excluding hydrogens is 326 g/mol. The number of carbonyl (C=O) groups is 1. The van der Waals surface area contributed by atoms with E-state index in [1.807, 2.05) is 29.3 Å². The summed E-state index contributed by atoms with van der Waals surface area (Å²) in [6.07, 6.45) is 6.21. The zero-order chi connectivity index (χ0) is 17.9. The maximum atomic E-state index is 12.8. The molecule has 6 heteroatoms.